The standard InChI is InChI=1S/C12H16BrNO2/c1-9-8-10(15)4-5-11(9)12(16)14-7-3-2-6-13/h4-5,8,15H,2-3,6-7H2,1H3,(H,14,16). The summed E-state index contributed by atoms with van der Waals surface area (Å²) in [6.07, 6.45) is 2.02. The summed E-state index contributed by atoms with van der Waals surface area (Å²) in [7, 11) is 0. The molecule has 0 aromatic heterocycles. The number of rotatable bonds is 5. The highest BCUT2D eigenvalue weighted by Crippen LogP contribution is 2.15. The van der Waals surface area contributed by atoms with Gasteiger partial charge >= 0.3 is 0 Å². The average molecular weight is 286 g/mol. The average Bonchev–Trinajstić information content (AvgIpc) is 2.24. The molecule has 0 bridgehead atoms. The van der Waals surface area contributed by atoms with E-state index in [0.29, 0.717) is 12.1 Å². The third-order valence-corrected chi connectivity index (χ3v) is 2.86. The maximum atomic E-state index is 11.7. The number of carbonyl (C=O) groups excluding carboxylic acids is 1. The zero-order valence-electron chi connectivity index (χ0n) is 9.29. The molecule has 0 saturated carbocycles. The van der Waals surface area contributed by atoms with Crippen LogP contribution in [0.5, 0.6) is 5.75 Å². The van der Waals surface area contributed by atoms with Crippen molar-refractivity contribution in [1.82, 2.24) is 5.32 Å². The van der Waals surface area contributed by atoms with Crippen LogP contribution in [0.4, 0.5) is 0 Å². The van der Waals surface area contributed by atoms with Crippen LogP contribution in [-0.4, -0.2) is 22.9 Å². The predicted octanol–water partition coefficient (Wildman–Crippen LogP) is 2.61. The molecular formula is C12H16BrNO2. The molecule has 0 atom stereocenters. The van der Waals surface area contributed by atoms with Gasteiger partial charge in [0.15, 0.2) is 0 Å². The molecule has 1 aromatic rings. The third-order valence-electron chi connectivity index (χ3n) is 2.30. The molecule has 4 heteroatoms. The van der Waals surface area contributed by atoms with Crippen LogP contribution in [0.25, 0.3) is 0 Å². The van der Waals surface area contributed by atoms with Gasteiger partial charge in [0.2, 0.25) is 0 Å². The Morgan fingerprint density at radius 2 is 2.19 bits per heavy atom. The fourth-order valence-electron chi connectivity index (χ4n) is 1.42. The molecule has 88 valence electrons. The summed E-state index contributed by atoms with van der Waals surface area (Å²) in [4.78, 5) is 11.7. The normalized spacial score (nSPS) is 10.1. The molecule has 0 unspecified atom stereocenters. The van der Waals surface area contributed by atoms with Gasteiger partial charge in [0.1, 0.15) is 5.75 Å². The lowest BCUT2D eigenvalue weighted by molar-refractivity contribution is 0.0952. The van der Waals surface area contributed by atoms with E-state index in [4.69, 9.17) is 0 Å². The lowest BCUT2D eigenvalue weighted by Gasteiger charge is -2.07. The number of unbranched alkanes of at least 4 members (excludes halogenated alkanes) is 1. The van der Waals surface area contributed by atoms with Gasteiger partial charge in [0.05, 0.1) is 0 Å². The first-order valence-corrected chi connectivity index (χ1v) is 6.41. The third kappa shape index (κ3) is 3.85. The Balaban J connectivity index is 2.53. The highest BCUT2D eigenvalue weighted by atomic mass is 79.9. The minimum Gasteiger partial charge on any atom is -0.508 e. The Kier molecular flexibility index (Phi) is 5.32. The number of carbonyl (C=O) groups is 1. The van der Waals surface area contributed by atoms with Gasteiger partial charge in [0.25, 0.3) is 5.91 Å². The lowest BCUT2D eigenvalue weighted by atomic mass is 10.1. The second-order valence-electron chi connectivity index (χ2n) is 3.65. The summed E-state index contributed by atoms with van der Waals surface area (Å²) >= 11 is 3.34. The Morgan fingerprint density at radius 1 is 1.44 bits per heavy atom. The van der Waals surface area contributed by atoms with Crippen LogP contribution in [-0.2, 0) is 0 Å². The van der Waals surface area contributed by atoms with Crippen LogP contribution in [0.1, 0.15) is 28.8 Å². The van der Waals surface area contributed by atoms with Gasteiger partial charge in [-0.3, -0.25) is 4.79 Å². The van der Waals surface area contributed by atoms with Crippen LogP contribution in [0.2, 0.25) is 0 Å². The van der Waals surface area contributed by atoms with Crippen molar-refractivity contribution in [2.24, 2.45) is 0 Å². The van der Waals surface area contributed by atoms with Crippen molar-refractivity contribution < 1.29 is 9.90 Å². The number of benzene rings is 1. The molecule has 1 amide bonds. The maximum absolute atomic E-state index is 11.7. The number of nitrogens with one attached hydrogen (secondary N) is 1. The molecule has 0 aliphatic rings. The Labute approximate surface area is 104 Å². The second kappa shape index (κ2) is 6.53. The van der Waals surface area contributed by atoms with Crippen molar-refractivity contribution in [2.75, 3.05) is 11.9 Å². The molecule has 0 aliphatic heterocycles. The van der Waals surface area contributed by atoms with Crippen molar-refractivity contribution >= 4 is 21.8 Å². The summed E-state index contributed by atoms with van der Waals surface area (Å²) in [5, 5.41) is 13.0. The van der Waals surface area contributed by atoms with Gasteiger partial charge in [-0.1, -0.05) is 15.9 Å². The number of hydrogen-bond donors (Lipinski definition) is 2. The van der Waals surface area contributed by atoms with Crippen molar-refractivity contribution in [3.8, 4) is 5.75 Å². The summed E-state index contributed by atoms with van der Waals surface area (Å²) < 4.78 is 0. The Morgan fingerprint density at radius 3 is 2.81 bits per heavy atom. The Bertz CT molecular complexity index is 366. The van der Waals surface area contributed by atoms with Crippen LogP contribution >= 0.6 is 15.9 Å². The molecule has 1 rings (SSSR count). The molecule has 1 aromatic carbocycles. The van der Waals surface area contributed by atoms with E-state index < -0.39 is 0 Å². The smallest absolute Gasteiger partial charge is 0.251 e. The van der Waals surface area contributed by atoms with E-state index >= 15 is 0 Å². The van der Waals surface area contributed by atoms with E-state index in [1.807, 2.05) is 6.92 Å². The quantitative estimate of drug-likeness (QED) is 0.645. The number of phenolic OH excluding ortho intramolecular Hbond substituents is 1. The van der Waals surface area contributed by atoms with Crippen molar-refractivity contribution in [3.05, 3.63) is 29.3 Å². The summed E-state index contributed by atoms with van der Waals surface area (Å²) in [6, 6.07) is 4.76. The molecule has 0 fully saturated rings. The number of amides is 1. The van der Waals surface area contributed by atoms with Crippen molar-refractivity contribution in [3.63, 3.8) is 0 Å². The van der Waals surface area contributed by atoms with Crippen LogP contribution in [0, 0.1) is 6.92 Å². The maximum Gasteiger partial charge on any atom is 0.251 e. The second-order valence-corrected chi connectivity index (χ2v) is 4.44. The number of hydrogen-bond acceptors (Lipinski definition) is 2. The monoisotopic (exact) mass is 285 g/mol. The topological polar surface area (TPSA) is 49.3 Å². The van der Waals surface area contributed by atoms with E-state index in [2.05, 4.69) is 21.2 Å². The molecule has 3 nitrogen and oxygen atoms in total. The fraction of sp³-hybridized carbons (Fsp3) is 0.417. The zero-order valence-corrected chi connectivity index (χ0v) is 10.9. The number of halogens is 1. The lowest BCUT2D eigenvalue weighted by Crippen LogP contribution is -2.25. The molecule has 2 N–H and O–H groups in total. The summed E-state index contributed by atoms with van der Waals surface area (Å²) in [6.45, 7) is 2.50. The van der Waals surface area contributed by atoms with Gasteiger partial charge in [-0.2, -0.15) is 0 Å². The van der Waals surface area contributed by atoms with Gasteiger partial charge < -0.3 is 10.4 Å². The van der Waals surface area contributed by atoms with Crippen molar-refractivity contribution in [1.29, 1.82) is 0 Å². The highest BCUT2D eigenvalue weighted by Gasteiger charge is 2.08. The van der Waals surface area contributed by atoms with Crippen LogP contribution in [0.15, 0.2) is 18.2 Å². The van der Waals surface area contributed by atoms with Gasteiger partial charge in [-0.15, -0.1) is 0 Å². The predicted molar refractivity (Wildman–Crippen MR) is 68.2 cm³/mol. The highest BCUT2D eigenvalue weighted by molar-refractivity contribution is 9.09. The van der Waals surface area contributed by atoms with Crippen molar-refractivity contribution in [2.45, 2.75) is 19.8 Å². The number of aromatic hydroxyl groups is 1. The zero-order chi connectivity index (χ0) is 12.0. The van der Waals surface area contributed by atoms with Crippen LogP contribution in [0.3, 0.4) is 0 Å². The van der Waals surface area contributed by atoms with E-state index in [0.717, 1.165) is 23.7 Å². The van der Waals surface area contributed by atoms with Crippen LogP contribution < -0.4 is 5.32 Å². The Hall–Kier alpha value is -1.03. The largest absolute Gasteiger partial charge is 0.508 e. The molecule has 0 radical (unpaired) electrons. The van der Waals surface area contributed by atoms with E-state index in [9.17, 15) is 9.90 Å². The minimum atomic E-state index is -0.0768. The minimum absolute atomic E-state index is 0.0768. The fourth-order valence-corrected chi connectivity index (χ4v) is 1.82. The first-order valence-electron chi connectivity index (χ1n) is 5.29. The molecular weight excluding hydrogens is 270 g/mol. The van der Waals surface area contributed by atoms with Gasteiger partial charge in [0, 0.05) is 17.4 Å². The molecule has 0 aliphatic carbocycles. The first kappa shape index (κ1) is 13.0. The van der Waals surface area contributed by atoms with Gasteiger partial charge in [-0.25, -0.2) is 0 Å². The number of alkyl halides is 1. The number of aryl methyl sites for hydroxylation is 1. The molecule has 0 heterocycles. The van der Waals surface area contributed by atoms with E-state index in [1.54, 1.807) is 12.1 Å². The SMILES string of the molecule is Cc1cc(O)ccc1C(=O)NCCCCBr. The van der Waals surface area contributed by atoms with Gasteiger partial charge in [-0.05, 0) is 43.5 Å². The van der Waals surface area contributed by atoms with E-state index in [1.165, 1.54) is 6.07 Å². The number of phenols is 1. The summed E-state index contributed by atoms with van der Waals surface area (Å²) in [5.41, 5.74) is 1.41. The molecule has 0 spiro atoms. The first-order chi connectivity index (χ1) is 7.65. The summed E-state index contributed by atoms with van der Waals surface area (Å²) in [5.74, 6) is 0.111. The molecule has 0 saturated heterocycles. The molecule has 16 heavy (non-hydrogen) atoms. The van der Waals surface area contributed by atoms with E-state index in [-0.39, 0.29) is 11.7 Å².